The van der Waals surface area contributed by atoms with E-state index in [0.29, 0.717) is 12.3 Å². The van der Waals surface area contributed by atoms with Gasteiger partial charge in [0.1, 0.15) is 0 Å². The Morgan fingerprint density at radius 1 is 1.57 bits per heavy atom. The minimum atomic E-state index is -0.0916. The molecule has 2 N–H and O–H groups in total. The van der Waals surface area contributed by atoms with E-state index in [1.165, 1.54) is 0 Å². The maximum absolute atomic E-state index is 11.9. The van der Waals surface area contributed by atoms with Crippen molar-refractivity contribution < 1.29 is 9.90 Å². The Balaban J connectivity index is 1.90. The van der Waals surface area contributed by atoms with Crippen molar-refractivity contribution in [1.29, 1.82) is 0 Å². The normalized spacial score (nSPS) is 17.1. The molecule has 1 atom stereocenters. The van der Waals surface area contributed by atoms with Gasteiger partial charge in [-0.25, -0.2) is 4.98 Å². The van der Waals surface area contributed by atoms with Crippen LogP contribution in [-0.2, 0) is 10.2 Å². The zero-order valence-corrected chi connectivity index (χ0v) is 13.7. The van der Waals surface area contributed by atoms with E-state index >= 15 is 0 Å². The standard InChI is InChI=1S/C16H24N2O2S/c1-16(2,3)15-17-10-12(21-15)6-7-14(20)18-13(8-9-19)11-4-5-11/h6-7,10-11,13,19H,4-5,8-9H2,1-3H3,(H,18,20)/b7-6+. The molecule has 1 aromatic rings. The number of aliphatic hydroxyl groups excluding tert-OH is 1. The van der Waals surface area contributed by atoms with Gasteiger partial charge >= 0.3 is 0 Å². The number of carbonyl (C=O) groups is 1. The summed E-state index contributed by atoms with van der Waals surface area (Å²) in [5.41, 5.74) is 0.0389. The van der Waals surface area contributed by atoms with E-state index in [0.717, 1.165) is 22.7 Å². The first-order chi connectivity index (χ1) is 9.90. The van der Waals surface area contributed by atoms with E-state index in [-0.39, 0.29) is 24.0 Å². The molecule has 1 aromatic heterocycles. The summed E-state index contributed by atoms with van der Waals surface area (Å²) in [5.74, 6) is 0.455. The predicted molar refractivity (Wildman–Crippen MR) is 86.2 cm³/mol. The number of hydrogen-bond donors (Lipinski definition) is 2. The molecule has 1 heterocycles. The van der Waals surface area contributed by atoms with Crippen LogP contribution in [0.3, 0.4) is 0 Å². The fourth-order valence-electron chi connectivity index (χ4n) is 2.16. The number of carbonyl (C=O) groups excluding carboxylic acids is 1. The Hall–Kier alpha value is -1.20. The Kier molecular flexibility index (Phi) is 5.17. The van der Waals surface area contributed by atoms with Gasteiger partial charge in [0.25, 0.3) is 0 Å². The summed E-state index contributed by atoms with van der Waals surface area (Å²) < 4.78 is 0. The second-order valence-electron chi connectivity index (χ2n) is 6.62. The zero-order chi connectivity index (χ0) is 15.5. The summed E-state index contributed by atoms with van der Waals surface area (Å²) in [6.45, 7) is 6.50. The number of aliphatic hydroxyl groups is 1. The van der Waals surface area contributed by atoms with Crippen molar-refractivity contribution in [1.82, 2.24) is 10.3 Å². The summed E-state index contributed by atoms with van der Waals surface area (Å²) in [4.78, 5) is 17.3. The van der Waals surface area contributed by atoms with E-state index in [1.807, 2.05) is 6.08 Å². The van der Waals surface area contributed by atoms with Gasteiger partial charge in [0, 0.05) is 35.2 Å². The second-order valence-corrected chi connectivity index (χ2v) is 7.68. The number of aromatic nitrogens is 1. The van der Waals surface area contributed by atoms with Crippen LogP contribution in [0.25, 0.3) is 6.08 Å². The lowest BCUT2D eigenvalue weighted by Gasteiger charge is -2.15. The molecule has 1 fully saturated rings. The van der Waals surface area contributed by atoms with Crippen LogP contribution in [0.4, 0.5) is 0 Å². The first-order valence-corrected chi connectivity index (χ1v) is 8.27. The van der Waals surface area contributed by atoms with E-state index < -0.39 is 0 Å². The number of thiazole rings is 1. The molecule has 4 nitrogen and oxygen atoms in total. The molecule has 0 aromatic carbocycles. The second kappa shape index (κ2) is 6.71. The lowest BCUT2D eigenvalue weighted by Crippen LogP contribution is -2.36. The first-order valence-electron chi connectivity index (χ1n) is 7.46. The highest BCUT2D eigenvalue weighted by atomic mass is 32.1. The molecule has 1 amide bonds. The average Bonchev–Trinajstić information content (AvgIpc) is 3.12. The van der Waals surface area contributed by atoms with Crippen LogP contribution >= 0.6 is 11.3 Å². The van der Waals surface area contributed by atoms with E-state index in [9.17, 15) is 4.79 Å². The summed E-state index contributed by atoms with van der Waals surface area (Å²) in [7, 11) is 0. The molecular weight excluding hydrogens is 284 g/mol. The van der Waals surface area contributed by atoms with Crippen molar-refractivity contribution in [2.75, 3.05) is 6.61 Å². The molecule has 1 unspecified atom stereocenters. The van der Waals surface area contributed by atoms with Crippen LogP contribution in [0.1, 0.15) is 49.9 Å². The van der Waals surface area contributed by atoms with Gasteiger partial charge in [-0.15, -0.1) is 11.3 Å². The summed E-state index contributed by atoms with van der Waals surface area (Å²) in [5, 5.41) is 13.1. The maximum Gasteiger partial charge on any atom is 0.244 e. The van der Waals surface area contributed by atoms with Crippen molar-refractivity contribution in [2.24, 2.45) is 5.92 Å². The highest BCUT2D eigenvalue weighted by Gasteiger charge is 2.31. The fraction of sp³-hybridized carbons (Fsp3) is 0.625. The average molecular weight is 308 g/mol. The Morgan fingerprint density at radius 2 is 2.29 bits per heavy atom. The van der Waals surface area contributed by atoms with Crippen LogP contribution in [0.5, 0.6) is 0 Å². The first kappa shape index (κ1) is 16.2. The molecule has 21 heavy (non-hydrogen) atoms. The molecule has 1 saturated carbocycles. The van der Waals surface area contributed by atoms with E-state index in [4.69, 9.17) is 5.11 Å². The number of hydrogen-bond acceptors (Lipinski definition) is 4. The smallest absolute Gasteiger partial charge is 0.244 e. The minimum absolute atomic E-state index is 0.0389. The highest BCUT2D eigenvalue weighted by molar-refractivity contribution is 7.12. The Bertz CT molecular complexity index is 513. The van der Waals surface area contributed by atoms with Crippen molar-refractivity contribution in [3.63, 3.8) is 0 Å². The van der Waals surface area contributed by atoms with Gasteiger partial charge in [-0.2, -0.15) is 0 Å². The Labute approximate surface area is 130 Å². The molecule has 0 aliphatic heterocycles. The topological polar surface area (TPSA) is 62.2 Å². The predicted octanol–water partition coefficient (Wildman–Crippen LogP) is 2.73. The van der Waals surface area contributed by atoms with Crippen LogP contribution in [0.15, 0.2) is 12.3 Å². The fourth-order valence-corrected chi connectivity index (χ4v) is 3.04. The van der Waals surface area contributed by atoms with Gasteiger partial charge < -0.3 is 10.4 Å². The van der Waals surface area contributed by atoms with E-state index in [2.05, 4.69) is 31.1 Å². The molecule has 5 heteroatoms. The third kappa shape index (κ3) is 4.93. The molecule has 1 aliphatic carbocycles. The van der Waals surface area contributed by atoms with Crippen LogP contribution in [0.2, 0.25) is 0 Å². The monoisotopic (exact) mass is 308 g/mol. The zero-order valence-electron chi connectivity index (χ0n) is 12.9. The highest BCUT2D eigenvalue weighted by Crippen LogP contribution is 2.34. The Morgan fingerprint density at radius 3 is 2.81 bits per heavy atom. The third-order valence-electron chi connectivity index (χ3n) is 3.52. The lowest BCUT2D eigenvalue weighted by molar-refractivity contribution is -0.117. The molecule has 0 spiro atoms. The van der Waals surface area contributed by atoms with Crippen LogP contribution < -0.4 is 5.32 Å². The van der Waals surface area contributed by atoms with Crippen LogP contribution in [-0.4, -0.2) is 28.6 Å². The summed E-state index contributed by atoms with van der Waals surface area (Å²) >= 11 is 1.61. The molecule has 116 valence electrons. The largest absolute Gasteiger partial charge is 0.396 e. The summed E-state index contributed by atoms with van der Waals surface area (Å²) in [6, 6.07) is 0.110. The molecule has 0 saturated heterocycles. The quantitative estimate of drug-likeness (QED) is 0.794. The number of nitrogens with one attached hydrogen (secondary N) is 1. The van der Waals surface area contributed by atoms with Gasteiger partial charge in [0.15, 0.2) is 0 Å². The van der Waals surface area contributed by atoms with Crippen molar-refractivity contribution >= 4 is 23.3 Å². The van der Waals surface area contributed by atoms with Gasteiger partial charge in [0.2, 0.25) is 5.91 Å². The molecular formula is C16H24N2O2S. The van der Waals surface area contributed by atoms with Crippen molar-refractivity contribution in [3.8, 4) is 0 Å². The maximum atomic E-state index is 11.9. The van der Waals surface area contributed by atoms with Crippen molar-refractivity contribution in [3.05, 3.63) is 22.2 Å². The molecule has 0 bridgehead atoms. The number of nitrogens with zero attached hydrogens (tertiary/aromatic N) is 1. The van der Waals surface area contributed by atoms with Gasteiger partial charge in [-0.3, -0.25) is 4.79 Å². The number of rotatable bonds is 6. The van der Waals surface area contributed by atoms with Crippen LogP contribution in [0, 0.1) is 5.92 Å². The van der Waals surface area contributed by atoms with Gasteiger partial charge in [0.05, 0.1) is 5.01 Å². The minimum Gasteiger partial charge on any atom is -0.396 e. The van der Waals surface area contributed by atoms with Gasteiger partial charge in [-0.1, -0.05) is 20.8 Å². The molecule has 2 rings (SSSR count). The molecule has 1 aliphatic rings. The van der Waals surface area contributed by atoms with E-state index in [1.54, 1.807) is 23.6 Å². The lowest BCUT2D eigenvalue weighted by atomic mass is 9.98. The number of amides is 1. The third-order valence-corrected chi connectivity index (χ3v) is 4.91. The molecule has 0 radical (unpaired) electrons. The van der Waals surface area contributed by atoms with Gasteiger partial charge in [-0.05, 0) is 31.3 Å². The summed E-state index contributed by atoms with van der Waals surface area (Å²) in [6.07, 6.45) is 8.12. The SMILES string of the molecule is CC(C)(C)c1ncc(/C=C/C(=O)NC(CCO)C2CC2)s1. The van der Waals surface area contributed by atoms with Crippen molar-refractivity contribution in [2.45, 2.75) is 51.5 Å².